The van der Waals surface area contributed by atoms with Gasteiger partial charge in [-0.15, -0.1) is 0 Å². The van der Waals surface area contributed by atoms with E-state index < -0.39 is 23.6 Å². The maximum absolute atomic E-state index is 12.9. The van der Waals surface area contributed by atoms with Crippen LogP contribution < -0.4 is 14.8 Å². The number of methoxy groups -OCH3 is 1. The predicted molar refractivity (Wildman–Crippen MR) is 147 cm³/mol. The molecule has 0 spiro atoms. The molecule has 190 valence electrons. The molecule has 1 aromatic heterocycles. The van der Waals surface area contributed by atoms with E-state index in [1.165, 1.54) is 7.11 Å². The molecule has 0 atom stereocenters. The minimum absolute atomic E-state index is 0.187. The monoisotopic (exact) mass is 601 g/mol. The number of hydrogen-bond donors (Lipinski definition) is 1. The van der Waals surface area contributed by atoms with Crippen LogP contribution in [-0.4, -0.2) is 40.6 Å². The van der Waals surface area contributed by atoms with Gasteiger partial charge in [-0.2, -0.15) is 0 Å². The summed E-state index contributed by atoms with van der Waals surface area (Å²) < 4.78 is 12.0. The Morgan fingerprint density at radius 3 is 2.73 bits per heavy atom. The van der Waals surface area contributed by atoms with Gasteiger partial charge in [-0.3, -0.25) is 24.3 Å². The van der Waals surface area contributed by atoms with Gasteiger partial charge in [0.05, 0.1) is 22.2 Å². The van der Waals surface area contributed by atoms with E-state index in [1.807, 2.05) is 25.1 Å². The average Bonchev–Trinajstić information content (AvgIpc) is 3.13. The molecule has 11 heteroatoms. The lowest BCUT2D eigenvalue weighted by molar-refractivity contribution is -0.127. The fourth-order valence-corrected chi connectivity index (χ4v) is 4.99. The number of carbonyl (C=O) groups excluding carboxylic acids is 3. The lowest BCUT2D eigenvalue weighted by atomic mass is 10.2. The summed E-state index contributed by atoms with van der Waals surface area (Å²) in [4.78, 5) is 43.2. The average molecular weight is 603 g/mol. The maximum Gasteiger partial charge on any atom is 0.294 e. The topological polar surface area (TPSA) is 97.8 Å². The van der Waals surface area contributed by atoms with Gasteiger partial charge in [0.15, 0.2) is 11.5 Å². The van der Waals surface area contributed by atoms with Gasteiger partial charge in [0.1, 0.15) is 13.2 Å². The molecule has 37 heavy (non-hydrogen) atoms. The molecule has 0 aliphatic carbocycles. The molecular weight excluding hydrogens is 582 g/mol. The third-order valence-electron chi connectivity index (χ3n) is 5.27. The Kier molecular flexibility index (Phi) is 8.52. The smallest absolute Gasteiger partial charge is 0.294 e. The van der Waals surface area contributed by atoms with Crippen molar-refractivity contribution < 1.29 is 23.9 Å². The molecule has 0 bridgehead atoms. The Bertz CT molecular complexity index is 1400. The Balaban J connectivity index is 1.46. The number of pyridine rings is 1. The number of benzene rings is 2. The Morgan fingerprint density at radius 2 is 2.03 bits per heavy atom. The SMILES string of the molecule is COc1cc(/C=C2/SC(=O)N(CC(=O)Nc3ccc(C)c(Cl)c3)C2=O)cc(Br)c1OCc1ccccn1. The first-order valence-corrected chi connectivity index (χ1v) is 13.0. The fourth-order valence-electron chi connectivity index (χ4n) is 3.40. The molecule has 2 heterocycles. The third kappa shape index (κ3) is 6.51. The number of hydrogen-bond acceptors (Lipinski definition) is 7. The minimum Gasteiger partial charge on any atom is -0.493 e. The highest BCUT2D eigenvalue weighted by molar-refractivity contribution is 9.10. The first-order valence-electron chi connectivity index (χ1n) is 11.0. The minimum atomic E-state index is -0.558. The van der Waals surface area contributed by atoms with E-state index in [9.17, 15) is 14.4 Å². The van der Waals surface area contributed by atoms with Crippen molar-refractivity contribution in [2.45, 2.75) is 13.5 Å². The largest absolute Gasteiger partial charge is 0.493 e. The van der Waals surface area contributed by atoms with Gasteiger partial charge in [0.25, 0.3) is 11.1 Å². The fraction of sp³-hybridized carbons (Fsp3) is 0.154. The number of nitrogens with one attached hydrogen (secondary N) is 1. The molecule has 1 aliphatic heterocycles. The second-order valence-corrected chi connectivity index (χ2v) is 10.2. The van der Waals surface area contributed by atoms with E-state index in [0.717, 1.165) is 27.9 Å². The van der Waals surface area contributed by atoms with Gasteiger partial charge in [-0.1, -0.05) is 23.7 Å². The highest BCUT2D eigenvalue weighted by Gasteiger charge is 2.36. The number of anilines is 1. The highest BCUT2D eigenvalue weighted by Crippen LogP contribution is 2.39. The van der Waals surface area contributed by atoms with E-state index in [1.54, 1.807) is 42.6 Å². The zero-order valence-electron chi connectivity index (χ0n) is 19.8. The molecule has 1 N–H and O–H groups in total. The lowest BCUT2D eigenvalue weighted by Crippen LogP contribution is -2.36. The van der Waals surface area contributed by atoms with Gasteiger partial charge in [-0.25, -0.2) is 0 Å². The van der Waals surface area contributed by atoms with Gasteiger partial charge in [-0.05, 0) is 88.2 Å². The summed E-state index contributed by atoms with van der Waals surface area (Å²) in [5, 5.41) is 2.62. The van der Waals surface area contributed by atoms with Crippen molar-refractivity contribution in [3.63, 3.8) is 0 Å². The van der Waals surface area contributed by atoms with Crippen LogP contribution in [0.25, 0.3) is 6.08 Å². The molecule has 0 unspecified atom stereocenters. The Morgan fingerprint density at radius 1 is 1.22 bits per heavy atom. The summed E-state index contributed by atoms with van der Waals surface area (Å²) in [6.45, 7) is 1.67. The molecule has 1 saturated heterocycles. The molecule has 0 saturated carbocycles. The van der Waals surface area contributed by atoms with Gasteiger partial charge in [0.2, 0.25) is 5.91 Å². The summed E-state index contributed by atoms with van der Waals surface area (Å²) >= 11 is 10.3. The number of imide groups is 1. The summed E-state index contributed by atoms with van der Waals surface area (Å²) in [5.74, 6) is -0.154. The molecular formula is C26H21BrClN3O5S. The number of nitrogens with zero attached hydrogens (tertiary/aromatic N) is 2. The number of thioether (sulfide) groups is 1. The second kappa shape index (κ2) is 11.8. The summed E-state index contributed by atoms with van der Waals surface area (Å²) in [5.41, 5.74) is 2.71. The molecule has 3 amide bonds. The van der Waals surface area contributed by atoms with E-state index in [2.05, 4.69) is 26.2 Å². The Labute approximate surface area is 231 Å². The van der Waals surface area contributed by atoms with Gasteiger partial charge >= 0.3 is 0 Å². The summed E-state index contributed by atoms with van der Waals surface area (Å²) in [6.07, 6.45) is 3.25. The normalized spacial score (nSPS) is 14.3. The summed E-state index contributed by atoms with van der Waals surface area (Å²) in [7, 11) is 1.51. The first-order chi connectivity index (χ1) is 17.7. The van der Waals surface area contributed by atoms with Crippen molar-refractivity contribution >= 4 is 68.1 Å². The molecule has 0 radical (unpaired) electrons. The zero-order chi connectivity index (χ0) is 26.5. The number of aromatic nitrogens is 1. The van der Waals surface area contributed by atoms with Crippen molar-refractivity contribution in [2.75, 3.05) is 19.0 Å². The predicted octanol–water partition coefficient (Wildman–Crippen LogP) is 6.07. The van der Waals surface area contributed by atoms with Crippen molar-refractivity contribution in [1.82, 2.24) is 9.88 Å². The van der Waals surface area contributed by atoms with Crippen LogP contribution >= 0.6 is 39.3 Å². The van der Waals surface area contributed by atoms with Crippen LogP contribution in [0, 0.1) is 6.92 Å². The van der Waals surface area contributed by atoms with E-state index in [-0.39, 0.29) is 11.5 Å². The van der Waals surface area contributed by atoms with Gasteiger partial charge in [0, 0.05) is 16.9 Å². The molecule has 1 fully saturated rings. The van der Waals surface area contributed by atoms with Crippen LogP contribution in [0.4, 0.5) is 10.5 Å². The Hall–Kier alpha value is -3.34. The lowest BCUT2D eigenvalue weighted by Gasteiger charge is -2.14. The highest BCUT2D eigenvalue weighted by atomic mass is 79.9. The number of ether oxygens (including phenoxy) is 2. The number of halogens is 2. The maximum atomic E-state index is 12.9. The van der Waals surface area contributed by atoms with Crippen LogP contribution in [0.15, 0.2) is 64.1 Å². The van der Waals surface area contributed by atoms with Crippen LogP contribution in [0.2, 0.25) is 5.02 Å². The van der Waals surface area contributed by atoms with Crippen LogP contribution in [0.3, 0.4) is 0 Å². The first kappa shape index (κ1) is 26.7. The quantitative estimate of drug-likeness (QED) is 0.313. The van der Waals surface area contributed by atoms with Crippen LogP contribution in [-0.2, 0) is 16.2 Å². The molecule has 1 aliphatic rings. The van der Waals surface area contributed by atoms with Crippen molar-refractivity contribution in [1.29, 1.82) is 0 Å². The van der Waals surface area contributed by atoms with E-state index in [0.29, 0.717) is 32.2 Å². The van der Waals surface area contributed by atoms with E-state index in [4.69, 9.17) is 21.1 Å². The standard InChI is InChI=1S/C26H21BrClN3O5S/c1-15-6-7-17(12-20(15)28)30-23(32)13-31-25(33)22(37-26(31)34)11-16-9-19(27)24(21(10-16)35-2)36-14-18-5-3-4-8-29-18/h3-12H,13-14H2,1-2H3,(H,30,32)/b22-11+. The molecule has 4 rings (SSSR count). The molecule has 2 aromatic carbocycles. The zero-order valence-corrected chi connectivity index (χ0v) is 22.9. The van der Waals surface area contributed by atoms with Gasteiger partial charge < -0.3 is 14.8 Å². The van der Waals surface area contributed by atoms with Crippen molar-refractivity contribution in [3.05, 3.63) is 85.9 Å². The number of aryl methyl sites for hydroxylation is 1. The van der Waals surface area contributed by atoms with Crippen molar-refractivity contribution in [2.24, 2.45) is 0 Å². The third-order valence-corrected chi connectivity index (χ3v) is 7.17. The van der Waals surface area contributed by atoms with E-state index >= 15 is 0 Å². The van der Waals surface area contributed by atoms with Crippen LogP contribution in [0.5, 0.6) is 11.5 Å². The number of amides is 3. The molecule has 8 nitrogen and oxygen atoms in total. The van der Waals surface area contributed by atoms with Crippen LogP contribution in [0.1, 0.15) is 16.8 Å². The second-order valence-electron chi connectivity index (χ2n) is 7.92. The number of rotatable bonds is 8. The number of carbonyl (C=O) groups is 3. The summed E-state index contributed by atoms with van der Waals surface area (Å²) in [6, 6.07) is 14.1. The van der Waals surface area contributed by atoms with Crippen molar-refractivity contribution in [3.8, 4) is 11.5 Å². The molecule has 3 aromatic rings.